The lowest BCUT2D eigenvalue weighted by Gasteiger charge is -2.09. The molecule has 2 aromatic carbocycles. The fraction of sp³-hybridized carbons (Fsp3) is 0.235. The average Bonchev–Trinajstić information content (AvgIpc) is 2.52. The summed E-state index contributed by atoms with van der Waals surface area (Å²) in [4.78, 5) is 11.1. The minimum Gasteiger partial charge on any atom is -0.496 e. The number of carbonyl (C=O) groups excluding carboxylic acids is 1. The predicted octanol–water partition coefficient (Wildman–Crippen LogP) is 2.13. The number of para-hydroxylation sites is 1. The highest BCUT2D eigenvalue weighted by molar-refractivity contribution is 5.92. The lowest BCUT2D eigenvalue weighted by molar-refractivity contribution is 0.1000. The number of carbonyl (C=O) groups is 1. The summed E-state index contributed by atoms with van der Waals surface area (Å²) in [6.45, 7) is 1.57. The number of nitrogens with one attached hydrogen (secondary N) is 1. The molecule has 1 amide bonds. The van der Waals surface area contributed by atoms with Crippen molar-refractivity contribution in [2.75, 3.05) is 13.7 Å². The van der Waals surface area contributed by atoms with Gasteiger partial charge in [0.25, 0.3) is 0 Å². The average molecular weight is 284 g/mol. The van der Waals surface area contributed by atoms with E-state index < -0.39 is 0 Å². The molecule has 110 valence electrons. The quantitative estimate of drug-likeness (QED) is 0.766. The van der Waals surface area contributed by atoms with Crippen LogP contribution in [0.2, 0.25) is 0 Å². The Labute approximate surface area is 124 Å². The molecule has 0 aliphatic heterocycles. The van der Waals surface area contributed by atoms with Crippen molar-refractivity contribution in [1.29, 1.82) is 0 Å². The highest BCUT2D eigenvalue weighted by Crippen LogP contribution is 2.16. The molecule has 2 rings (SSSR count). The van der Waals surface area contributed by atoms with Crippen LogP contribution in [-0.4, -0.2) is 19.6 Å². The van der Waals surface area contributed by atoms with Gasteiger partial charge >= 0.3 is 0 Å². The van der Waals surface area contributed by atoms with E-state index in [0.717, 1.165) is 36.4 Å². The molecular weight excluding hydrogens is 264 g/mol. The molecule has 0 aliphatic carbocycles. The van der Waals surface area contributed by atoms with Gasteiger partial charge in [-0.3, -0.25) is 4.79 Å². The fourth-order valence-corrected chi connectivity index (χ4v) is 2.18. The standard InChI is InChI=1S/C17H20N2O2/c1-21-16-8-3-2-6-15(16)12-19-10-9-13-5-4-7-14(11-13)17(18)20/h2-8,11,19H,9-10,12H2,1H3,(H2,18,20). The van der Waals surface area contributed by atoms with Gasteiger partial charge in [-0.05, 0) is 36.7 Å². The van der Waals surface area contributed by atoms with E-state index in [2.05, 4.69) is 5.32 Å². The molecule has 0 spiro atoms. The van der Waals surface area contributed by atoms with Gasteiger partial charge in [0.1, 0.15) is 5.75 Å². The summed E-state index contributed by atoms with van der Waals surface area (Å²) < 4.78 is 5.31. The molecule has 21 heavy (non-hydrogen) atoms. The molecule has 4 heteroatoms. The van der Waals surface area contributed by atoms with Crippen LogP contribution in [-0.2, 0) is 13.0 Å². The smallest absolute Gasteiger partial charge is 0.248 e. The summed E-state index contributed by atoms with van der Waals surface area (Å²) in [6, 6.07) is 15.4. The van der Waals surface area contributed by atoms with Gasteiger partial charge in [0.2, 0.25) is 5.91 Å². The van der Waals surface area contributed by atoms with E-state index in [1.54, 1.807) is 13.2 Å². The number of hydrogen-bond acceptors (Lipinski definition) is 3. The van der Waals surface area contributed by atoms with Crippen LogP contribution < -0.4 is 15.8 Å². The largest absolute Gasteiger partial charge is 0.496 e. The zero-order valence-corrected chi connectivity index (χ0v) is 12.1. The maximum atomic E-state index is 11.1. The van der Waals surface area contributed by atoms with Crippen molar-refractivity contribution < 1.29 is 9.53 Å². The Balaban J connectivity index is 1.85. The second kappa shape index (κ2) is 7.45. The summed E-state index contributed by atoms with van der Waals surface area (Å²) in [5, 5.41) is 3.38. The van der Waals surface area contributed by atoms with E-state index in [1.807, 2.05) is 42.5 Å². The van der Waals surface area contributed by atoms with Crippen LogP contribution in [0.25, 0.3) is 0 Å². The maximum absolute atomic E-state index is 11.1. The van der Waals surface area contributed by atoms with E-state index in [9.17, 15) is 4.79 Å². The Hall–Kier alpha value is -2.33. The van der Waals surface area contributed by atoms with Gasteiger partial charge in [-0.25, -0.2) is 0 Å². The van der Waals surface area contributed by atoms with Crippen LogP contribution in [0.5, 0.6) is 5.75 Å². The van der Waals surface area contributed by atoms with Gasteiger partial charge in [-0.2, -0.15) is 0 Å². The molecule has 0 aliphatic rings. The van der Waals surface area contributed by atoms with Crippen molar-refractivity contribution in [1.82, 2.24) is 5.32 Å². The summed E-state index contributed by atoms with van der Waals surface area (Å²) in [6.07, 6.45) is 0.844. The second-order valence-corrected chi connectivity index (χ2v) is 4.80. The van der Waals surface area contributed by atoms with Crippen LogP contribution in [0.1, 0.15) is 21.5 Å². The lowest BCUT2D eigenvalue weighted by Crippen LogP contribution is -2.17. The molecule has 0 aromatic heterocycles. The number of benzene rings is 2. The monoisotopic (exact) mass is 284 g/mol. The van der Waals surface area contributed by atoms with Crippen molar-refractivity contribution in [3.63, 3.8) is 0 Å². The summed E-state index contributed by atoms with van der Waals surface area (Å²) in [5.41, 5.74) is 8.06. The Kier molecular flexibility index (Phi) is 5.35. The predicted molar refractivity (Wildman–Crippen MR) is 83.4 cm³/mol. The maximum Gasteiger partial charge on any atom is 0.248 e. The van der Waals surface area contributed by atoms with Gasteiger partial charge < -0.3 is 15.8 Å². The normalized spacial score (nSPS) is 10.3. The van der Waals surface area contributed by atoms with Crippen LogP contribution in [0.4, 0.5) is 0 Å². The molecule has 4 nitrogen and oxygen atoms in total. The molecular formula is C17H20N2O2. The Morgan fingerprint density at radius 1 is 1.19 bits per heavy atom. The van der Waals surface area contributed by atoms with E-state index in [0.29, 0.717) is 5.56 Å². The molecule has 0 unspecified atom stereocenters. The Morgan fingerprint density at radius 2 is 2.00 bits per heavy atom. The van der Waals surface area contributed by atoms with Gasteiger partial charge in [0, 0.05) is 17.7 Å². The minimum atomic E-state index is -0.390. The fourth-order valence-electron chi connectivity index (χ4n) is 2.18. The van der Waals surface area contributed by atoms with E-state index in [4.69, 9.17) is 10.5 Å². The van der Waals surface area contributed by atoms with Crippen LogP contribution in [0.3, 0.4) is 0 Å². The molecule has 0 saturated heterocycles. The third-order valence-corrected chi connectivity index (χ3v) is 3.31. The summed E-state index contributed by atoms with van der Waals surface area (Å²) in [5.74, 6) is 0.500. The second-order valence-electron chi connectivity index (χ2n) is 4.80. The van der Waals surface area contributed by atoms with Crippen molar-refractivity contribution >= 4 is 5.91 Å². The molecule has 0 atom stereocenters. The topological polar surface area (TPSA) is 64.3 Å². The minimum absolute atomic E-state index is 0.390. The van der Waals surface area contributed by atoms with Gasteiger partial charge in [-0.1, -0.05) is 30.3 Å². The number of methoxy groups -OCH3 is 1. The molecule has 0 bridgehead atoms. The van der Waals surface area contributed by atoms with Crippen molar-refractivity contribution in [3.05, 3.63) is 65.2 Å². The van der Waals surface area contributed by atoms with Crippen LogP contribution in [0.15, 0.2) is 48.5 Å². The van der Waals surface area contributed by atoms with Crippen molar-refractivity contribution in [2.24, 2.45) is 5.73 Å². The first-order chi connectivity index (χ1) is 10.2. The first-order valence-corrected chi connectivity index (χ1v) is 6.92. The highest BCUT2D eigenvalue weighted by atomic mass is 16.5. The molecule has 0 heterocycles. The Bertz CT molecular complexity index is 611. The van der Waals surface area contributed by atoms with Crippen molar-refractivity contribution in [3.8, 4) is 5.75 Å². The molecule has 0 fully saturated rings. The highest BCUT2D eigenvalue weighted by Gasteiger charge is 2.02. The summed E-state index contributed by atoms with van der Waals surface area (Å²) in [7, 11) is 1.67. The zero-order valence-electron chi connectivity index (χ0n) is 12.1. The van der Waals surface area contributed by atoms with Crippen molar-refractivity contribution in [2.45, 2.75) is 13.0 Å². The zero-order chi connectivity index (χ0) is 15.1. The van der Waals surface area contributed by atoms with Crippen LogP contribution in [0, 0.1) is 0 Å². The van der Waals surface area contributed by atoms with E-state index >= 15 is 0 Å². The first-order valence-electron chi connectivity index (χ1n) is 6.92. The third kappa shape index (κ3) is 4.33. The first kappa shape index (κ1) is 15.1. The molecule has 2 aromatic rings. The van der Waals surface area contributed by atoms with E-state index in [-0.39, 0.29) is 5.91 Å². The molecule has 0 radical (unpaired) electrons. The third-order valence-electron chi connectivity index (χ3n) is 3.31. The number of amides is 1. The summed E-state index contributed by atoms with van der Waals surface area (Å²) >= 11 is 0. The van der Waals surface area contributed by atoms with E-state index in [1.165, 1.54) is 0 Å². The number of ether oxygens (including phenoxy) is 1. The Morgan fingerprint density at radius 3 is 2.76 bits per heavy atom. The molecule has 3 N–H and O–H groups in total. The van der Waals surface area contributed by atoms with Gasteiger partial charge in [-0.15, -0.1) is 0 Å². The van der Waals surface area contributed by atoms with Gasteiger partial charge in [0.15, 0.2) is 0 Å². The van der Waals surface area contributed by atoms with Gasteiger partial charge in [0.05, 0.1) is 7.11 Å². The molecule has 0 saturated carbocycles. The lowest BCUT2D eigenvalue weighted by atomic mass is 10.1. The van der Waals surface area contributed by atoms with Crippen LogP contribution >= 0.6 is 0 Å². The number of primary amides is 1. The number of nitrogens with two attached hydrogens (primary N) is 1. The SMILES string of the molecule is COc1ccccc1CNCCc1cccc(C(N)=O)c1. The number of hydrogen-bond donors (Lipinski definition) is 2. The number of rotatable bonds is 7.